The van der Waals surface area contributed by atoms with E-state index in [1.54, 1.807) is 0 Å². The fraction of sp³-hybridized carbons (Fsp3) is 0.462. The van der Waals surface area contributed by atoms with Gasteiger partial charge in [0.25, 0.3) is 0 Å². The average molecular weight is 230 g/mol. The summed E-state index contributed by atoms with van der Waals surface area (Å²) >= 11 is 0. The van der Waals surface area contributed by atoms with Crippen LogP contribution in [0, 0.1) is 6.92 Å². The summed E-state index contributed by atoms with van der Waals surface area (Å²) < 4.78 is 0. The minimum absolute atomic E-state index is 0.398. The Labute approximate surface area is 102 Å². The number of benzene rings is 1. The molecule has 1 aromatic carbocycles. The molecule has 1 atom stereocenters. The zero-order valence-electron chi connectivity index (χ0n) is 10.3. The van der Waals surface area contributed by atoms with Gasteiger partial charge in [-0.15, -0.1) is 0 Å². The molecule has 0 spiro atoms. The lowest BCUT2D eigenvalue weighted by Gasteiger charge is -2.23. The first kappa shape index (κ1) is 10.6. The zero-order chi connectivity index (χ0) is 11.8. The first-order valence-corrected chi connectivity index (χ1v) is 6.16. The molecule has 0 radical (unpaired) electrons. The van der Waals surface area contributed by atoms with Crippen molar-refractivity contribution in [2.45, 2.75) is 26.4 Å². The van der Waals surface area contributed by atoms with Crippen molar-refractivity contribution in [3.8, 4) is 0 Å². The highest BCUT2D eigenvalue weighted by Gasteiger charge is 2.28. The third-order valence-corrected chi connectivity index (χ3v) is 3.62. The van der Waals surface area contributed by atoms with Crippen molar-refractivity contribution >= 4 is 5.96 Å². The predicted octanol–water partition coefficient (Wildman–Crippen LogP) is 1.34. The predicted molar refractivity (Wildman–Crippen MR) is 68.6 cm³/mol. The van der Waals surface area contributed by atoms with Gasteiger partial charge < -0.3 is 5.32 Å². The van der Waals surface area contributed by atoms with Crippen molar-refractivity contribution in [2.24, 2.45) is 4.99 Å². The molecule has 17 heavy (non-hydrogen) atoms. The molecular weight excluding hydrogens is 212 g/mol. The number of fused-ring (bicyclic) bond motifs is 1. The van der Waals surface area contributed by atoms with Gasteiger partial charge in [0.05, 0.1) is 12.6 Å². The largest absolute Gasteiger partial charge is 0.353 e. The van der Waals surface area contributed by atoms with Gasteiger partial charge in [0.2, 0.25) is 5.96 Å². The van der Waals surface area contributed by atoms with E-state index in [1.165, 1.54) is 16.7 Å². The minimum atomic E-state index is 0.398. The van der Waals surface area contributed by atoms with Gasteiger partial charge in [-0.1, -0.05) is 18.2 Å². The summed E-state index contributed by atoms with van der Waals surface area (Å²) in [5.41, 5.74) is 7.63. The van der Waals surface area contributed by atoms with Gasteiger partial charge in [0.15, 0.2) is 0 Å². The van der Waals surface area contributed by atoms with Gasteiger partial charge in [-0.2, -0.15) is 0 Å². The molecule has 0 amide bonds. The third kappa shape index (κ3) is 1.78. The molecule has 3 rings (SSSR count). The Bertz CT molecular complexity index is 466. The van der Waals surface area contributed by atoms with Crippen LogP contribution >= 0.6 is 0 Å². The number of nitrogens with zero attached hydrogens (tertiary/aromatic N) is 2. The van der Waals surface area contributed by atoms with Crippen LogP contribution in [0.5, 0.6) is 0 Å². The van der Waals surface area contributed by atoms with Crippen molar-refractivity contribution in [1.82, 2.24) is 15.8 Å². The summed E-state index contributed by atoms with van der Waals surface area (Å²) in [6.07, 6.45) is 0. The molecule has 2 N–H and O–H groups in total. The summed E-state index contributed by atoms with van der Waals surface area (Å²) in [7, 11) is 0. The maximum atomic E-state index is 4.37. The molecule has 0 saturated carbocycles. The molecule has 0 saturated heterocycles. The number of guanidine groups is 1. The third-order valence-electron chi connectivity index (χ3n) is 3.62. The Morgan fingerprint density at radius 2 is 2.35 bits per heavy atom. The minimum Gasteiger partial charge on any atom is -0.353 e. The summed E-state index contributed by atoms with van der Waals surface area (Å²) in [6, 6.07) is 6.94. The van der Waals surface area contributed by atoms with E-state index in [1.807, 2.05) is 0 Å². The summed E-state index contributed by atoms with van der Waals surface area (Å²) in [4.78, 5) is 4.37. The summed E-state index contributed by atoms with van der Waals surface area (Å²) in [6.45, 7) is 7.17. The molecule has 0 aliphatic carbocycles. The highest BCUT2D eigenvalue weighted by Crippen LogP contribution is 2.33. The van der Waals surface area contributed by atoms with Gasteiger partial charge in [0.1, 0.15) is 0 Å². The van der Waals surface area contributed by atoms with Crippen LogP contribution in [0.25, 0.3) is 0 Å². The van der Waals surface area contributed by atoms with Gasteiger partial charge in [-0.25, -0.2) is 5.01 Å². The Kier molecular flexibility index (Phi) is 2.52. The molecular formula is C13H18N4. The summed E-state index contributed by atoms with van der Waals surface area (Å²) in [5, 5.41) is 5.49. The quantitative estimate of drug-likeness (QED) is 0.764. The van der Waals surface area contributed by atoms with Crippen molar-refractivity contribution in [2.75, 3.05) is 13.1 Å². The SMILES string of the molecule is Cc1cccc2c1CN(NC1=NCCN1)C2C. The normalized spacial score (nSPS) is 23.2. The topological polar surface area (TPSA) is 39.7 Å². The van der Waals surface area contributed by atoms with Gasteiger partial charge in [-0.3, -0.25) is 10.4 Å². The molecule has 1 aromatic rings. The number of aliphatic imine (C=N–C) groups is 1. The number of hydrogen-bond donors (Lipinski definition) is 2. The smallest absolute Gasteiger partial charge is 0.206 e. The van der Waals surface area contributed by atoms with Crippen LogP contribution in [-0.2, 0) is 6.54 Å². The molecule has 4 nitrogen and oxygen atoms in total. The van der Waals surface area contributed by atoms with Gasteiger partial charge >= 0.3 is 0 Å². The van der Waals surface area contributed by atoms with Crippen LogP contribution < -0.4 is 10.7 Å². The second-order valence-corrected chi connectivity index (χ2v) is 4.72. The number of aryl methyl sites for hydroxylation is 1. The van der Waals surface area contributed by atoms with E-state index in [2.05, 4.69) is 52.8 Å². The molecule has 90 valence electrons. The fourth-order valence-corrected chi connectivity index (χ4v) is 2.55. The van der Waals surface area contributed by atoms with Crippen LogP contribution in [0.2, 0.25) is 0 Å². The number of nitrogens with one attached hydrogen (secondary N) is 2. The Morgan fingerprint density at radius 3 is 3.06 bits per heavy atom. The van der Waals surface area contributed by atoms with Crippen molar-refractivity contribution < 1.29 is 0 Å². The Hall–Kier alpha value is -1.55. The second kappa shape index (κ2) is 4.04. The maximum Gasteiger partial charge on any atom is 0.206 e. The number of hydrazine groups is 1. The van der Waals surface area contributed by atoms with Crippen LogP contribution in [0.3, 0.4) is 0 Å². The highest BCUT2D eigenvalue weighted by atomic mass is 15.6. The Balaban J connectivity index is 1.81. The molecule has 2 aliphatic rings. The molecule has 2 heterocycles. The van der Waals surface area contributed by atoms with Crippen LogP contribution in [0.15, 0.2) is 23.2 Å². The molecule has 1 unspecified atom stereocenters. The highest BCUT2D eigenvalue weighted by molar-refractivity contribution is 5.80. The first-order valence-electron chi connectivity index (χ1n) is 6.16. The van der Waals surface area contributed by atoms with E-state index in [0.717, 1.165) is 25.6 Å². The van der Waals surface area contributed by atoms with Gasteiger partial charge in [0, 0.05) is 13.1 Å². The molecule has 2 aliphatic heterocycles. The molecule has 0 aromatic heterocycles. The van der Waals surface area contributed by atoms with E-state index >= 15 is 0 Å². The average Bonchev–Trinajstić information content (AvgIpc) is 2.92. The van der Waals surface area contributed by atoms with Crippen LogP contribution in [0.1, 0.15) is 29.7 Å². The van der Waals surface area contributed by atoms with Crippen molar-refractivity contribution in [1.29, 1.82) is 0 Å². The van der Waals surface area contributed by atoms with E-state index in [0.29, 0.717) is 6.04 Å². The maximum absolute atomic E-state index is 4.37. The van der Waals surface area contributed by atoms with E-state index in [4.69, 9.17) is 0 Å². The lowest BCUT2D eigenvalue weighted by Crippen LogP contribution is -2.45. The molecule has 0 bridgehead atoms. The monoisotopic (exact) mass is 230 g/mol. The van der Waals surface area contributed by atoms with Crippen molar-refractivity contribution in [3.05, 3.63) is 34.9 Å². The van der Waals surface area contributed by atoms with Crippen LogP contribution in [-0.4, -0.2) is 24.1 Å². The van der Waals surface area contributed by atoms with E-state index in [9.17, 15) is 0 Å². The second-order valence-electron chi connectivity index (χ2n) is 4.72. The fourth-order valence-electron chi connectivity index (χ4n) is 2.55. The molecule has 4 heteroatoms. The van der Waals surface area contributed by atoms with Gasteiger partial charge in [-0.05, 0) is 30.5 Å². The van der Waals surface area contributed by atoms with E-state index in [-0.39, 0.29) is 0 Å². The lowest BCUT2D eigenvalue weighted by atomic mass is 10.0. The van der Waals surface area contributed by atoms with Crippen LogP contribution in [0.4, 0.5) is 0 Å². The molecule has 0 fully saturated rings. The Morgan fingerprint density at radius 1 is 1.47 bits per heavy atom. The standard InChI is InChI=1S/C13H18N4/c1-9-4-3-5-11-10(2)17(8-12(9)11)16-13-14-6-7-15-13/h3-5,10H,6-8H2,1-2H3,(H2,14,15,16). The number of hydrogen-bond acceptors (Lipinski definition) is 4. The van der Waals surface area contributed by atoms with E-state index < -0.39 is 0 Å². The summed E-state index contributed by atoms with van der Waals surface area (Å²) in [5.74, 6) is 0.905. The van der Waals surface area contributed by atoms with Crippen molar-refractivity contribution in [3.63, 3.8) is 0 Å². The zero-order valence-corrected chi connectivity index (χ0v) is 10.3. The number of rotatable bonds is 1. The first-order chi connectivity index (χ1) is 8.25. The lowest BCUT2D eigenvalue weighted by molar-refractivity contribution is 0.188.